The van der Waals surface area contributed by atoms with E-state index >= 15 is 0 Å². The van der Waals surface area contributed by atoms with Gasteiger partial charge in [-0.05, 0) is 169 Å². The Kier molecular flexibility index (Phi) is 25.9. The standard InChI is InChI=1S/C106H128N2Si3/c1-7-13-19-25-30-52-76-111(75-51-29-23-17-11-5,108-99-70-69-81-53-35-36-58-86(81)102(99)97-78-83-55-32-34-57-85(83)80-101(97)108)106-94-66-43-39-62-90(94)104(91-63-40-44-67-95(91)106)109(71-47-26-20-14-8-2,72-48-27-21-15-9-3)103-88-60-37-41-64-92(88)105(93-65-42-38-61-89(93)103)110(73-49-24-18-12-6,74-50-28-22-16-10-4)107-98-68-46-45-59-87(98)96-77-82-54-31-33-56-84(82)79-100(96)107/h31-46,53-70,77-80H,7-30,47-52,71-76H2,1-6H3. The SMILES string of the molecule is CCCCCCCC[Si](CCCCCCC)(c1c2ccccc2c([Si](CCCCCCC)(CCCCCCC)c2c3ccccc3c([Si](CCCCCC)(CCCCCCC)n3c4ccccc4c4cc5ccccc5cc43)c3ccccc23)c2ccccc12)n1c2cc3ccccc3cc2c2c3ccccc3ccc21. The molecular formula is C106H128N2Si3. The van der Waals surface area contributed by atoms with Gasteiger partial charge in [0.1, 0.15) is 8.07 Å². The van der Waals surface area contributed by atoms with Gasteiger partial charge < -0.3 is 8.47 Å². The minimum absolute atomic E-state index is 1.22. The molecule has 15 rings (SSSR count). The highest BCUT2D eigenvalue weighted by Crippen LogP contribution is 2.47. The second kappa shape index (κ2) is 36.8. The van der Waals surface area contributed by atoms with Gasteiger partial charge in [-0.15, -0.1) is 0 Å². The molecular weight excluding hydrogens is 1390 g/mol. The minimum Gasteiger partial charge on any atom is -0.363 e. The molecule has 0 spiro atoms. The summed E-state index contributed by atoms with van der Waals surface area (Å²) in [5.41, 5.74) is 5.79. The molecule has 0 saturated heterocycles. The number of fused-ring (bicyclic) bond motifs is 14. The molecule has 2 atom stereocenters. The van der Waals surface area contributed by atoms with Crippen molar-refractivity contribution in [3.05, 3.63) is 231 Å². The van der Waals surface area contributed by atoms with Crippen LogP contribution in [0.2, 0.25) is 36.3 Å². The Balaban J connectivity index is 1.09. The minimum atomic E-state index is -3.03. The van der Waals surface area contributed by atoms with Crippen molar-refractivity contribution in [1.82, 2.24) is 8.47 Å². The monoisotopic (exact) mass is 1510 g/mol. The summed E-state index contributed by atoms with van der Waals surface area (Å²) < 4.78 is 6.33. The molecule has 2 unspecified atom stereocenters. The summed E-state index contributed by atoms with van der Waals surface area (Å²) >= 11 is 0. The van der Waals surface area contributed by atoms with Crippen LogP contribution in [0.15, 0.2) is 231 Å². The van der Waals surface area contributed by atoms with E-state index in [2.05, 4.69) is 281 Å². The Bertz CT molecular complexity index is 5530. The third-order valence-electron chi connectivity index (χ3n) is 26.9. The van der Waals surface area contributed by atoms with E-state index in [-0.39, 0.29) is 0 Å². The number of benzene rings is 13. The number of aromatic nitrogens is 2. The van der Waals surface area contributed by atoms with Gasteiger partial charge in [0.2, 0.25) is 0 Å². The van der Waals surface area contributed by atoms with Crippen molar-refractivity contribution >= 4 is 164 Å². The van der Waals surface area contributed by atoms with Crippen LogP contribution in [0, 0.1) is 0 Å². The average molecular weight is 1510 g/mol. The van der Waals surface area contributed by atoms with Gasteiger partial charge in [0.15, 0.2) is 16.5 Å². The third kappa shape index (κ3) is 15.4. The molecule has 0 aliphatic carbocycles. The number of unbranched alkanes of at least 4 members (excludes halogenated alkanes) is 24. The second-order valence-electron chi connectivity index (χ2n) is 34.1. The van der Waals surface area contributed by atoms with E-state index in [9.17, 15) is 0 Å². The van der Waals surface area contributed by atoms with Gasteiger partial charge in [0, 0.05) is 43.6 Å². The molecule has 574 valence electrons. The molecule has 0 fully saturated rings. The number of nitrogens with zero attached hydrogens (tertiary/aromatic N) is 2. The fraction of sp³-hybridized carbons (Fsp3) is 0.396. The van der Waals surface area contributed by atoms with Crippen LogP contribution in [-0.2, 0) is 0 Å². The van der Waals surface area contributed by atoms with Gasteiger partial charge in [-0.3, -0.25) is 0 Å². The highest BCUT2D eigenvalue weighted by Gasteiger charge is 2.49. The second-order valence-corrected chi connectivity index (χ2v) is 46.3. The normalized spacial score (nSPS) is 13.5. The lowest BCUT2D eigenvalue weighted by molar-refractivity contribution is 0.619. The molecule has 0 amide bonds. The predicted octanol–water partition coefficient (Wildman–Crippen LogP) is 30.8. The Morgan fingerprint density at radius 3 is 0.847 bits per heavy atom. The molecule has 0 radical (unpaired) electrons. The van der Waals surface area contributed by atoms with Crippen molar-refractivity contribution in [3.63, 3.8) is 0 Å². The fourth-order valence-corrected chi connectivity index (χ4v) is 39.5. The van der Waals surface area contributed by atoms with Crippen molar-refractivity contribution in [3.8, 4) is 0 Å². The number of hydrogen-bond donors (Lipinski definition) is 0. The quantitative estimate of drug-likeness (QED) is 0.0205. The van der Waals surface area contributed by atoms with E-state index in [1.807, 2.05) is 0 Å². The lowest BCUT2D eigenvalue weighted by Gasteiger charge is -2.42. The van der Waals surface area contributed by atoms with Crippen LogP contribution < -0.4 is 20.7 Å². The van der Waals surface area contributed by atoms with E-state index < -0.39 is 24.5 Å². The molecule has 0 aliphatic heterocycles. The highest BCUT2D eigenvalue weighted by molar-refractivity contribution is 7.08. The van der Waals surface area contributed by atoms with Crippen LogP contribution in [0.25, 0.3) is 119 Å². The molecule has 5 heteroatoms. The zero-order valence-electron chi connectivity index (χ0n) is 68.8. The maximum atomic E-state index is 3.18. The van der Waals surface area contributed by atoms with Crippen LogP contribution in [0.4, 0.5) is 0 Å². The van der Waals surface area contributed by atoms with Crippen molar-refractivity contribution < 1.29 is 0 Å². The zero-order chi connectivity index (χ0) is 76.0. The molecule has 0 N–H and O–H groups in total. The third-order valence-corrected chi connectivity index (χ3v) is 42.6. The first-order chi connectivity index (χ1) is 54.9. The summed E-state index contributed by atoms with van der Waals surface area (Å²) in [5.74, 6) is 0. The van der Waals surface area contributed by atoms with Gasteiger partial charge in [0.25, 0.3) is 0 Å². The van der Waals surface area contributed by atoms with Gasteiger partial charge in [0.05, 0.1) is 0 Å². The van der Waals surface area contributed by atoms with Crippen molar-refractivity contribution in [2.45, 2.75) is 270 Å². The molecule has 2 nitrogen and oxygen atoms in total. The first-order valence-corrected chi connectivity index (χ1v) is 52.2. The van der Waals surface area contributed by atoms with Crippen LogP contribution in [-0.4, -0.2) is 33.0 Å². The van der Waals surface area contributed by atoms with Gasteiger partial charge in [-0.2, -0.15) is 0 Å². The fourth-order valence-electron chi connectivity index (χ4n) is 21.7. The summed E-state index contributed by atoms with van der Waals surface area (Å²) in [6.45, 7) is 14.4. The molecule has 0 saturated carbocycles. The molecule has 2 heterocycles. The van der Waals surface area contributed by atoms with Gasteiger partial charge in [-0.25, -0.2) is 0 Å². The van der Waals surface area contributed by atoms with Crippen molar-refractivity contribution in [2.75, 3.05) is 0 Å². The summed E-state index contributed by atoms with van der Waals surface area (Å²) in [4.78, 5) is 0. The largest absolute Gasteiger partial charge is 0.363 e. The molecule has 0 bridgehead atoms. The molecule has 2 aromatic heterocycles. The smallest absolute Gasteiger partial charge is 0.195 e. The summed E-state index contributed by atoms with van der Waals surface area (Å²) in [6.07, 6.45) is 38.2. The summed E-state index contributed by atoms with van der Waals surface area (Å²) in [7, 11) is -8.94. The van der Waals surface area contributed by atoms with Crippen LogP contribution in [0.5, 0.6) is 0 Å². The Morgan fingerprint density at radius 2 is 0.459 bits per heavy atom. The molecule has 111 heavy (non-hydrogen) atoms. The topological polar surface area (TPSA) is 9.86 Å². The number of rotatable bonds is 42. The molecule has 15 aromatic rings. The Labute approximate surface area is 669 Å². The van der Waals surface area contributed by atoms with Crippen LogP contribution in [0.1, 0.15) is 234 Å². The Morgan fingerprint density at radius 1 is 0.189 bits per heavy atom. The highest BCUT2D eigenvalue weighted by atomic mass is 28.3. The summed E-state index contributed by atoms with van der Waals surface area (Å²) in [5, 5.41) is 33.3. The summed E-state index contributed by atoms with van der Waals surface area (Å²) in [6, 6.07) is 102. The lowest BCUT2D eigenvalue weighted by Crippen LogP contribution is -2.62. The first kappa shape index (κ1) is 78.2. The van der Waals surface area contributed by atoms with E-state index in [1.165, 1.54) is 305 Å². The molecule has 13 aromatic carbocycles. The van der Waals surface area contributed by atoms with Gasteiger partial charge >= 0.3 is 0 Å². The number of hydrogen-bond acceptors (Lipinski definition) is 0. The van der Waals surface area contributed by atoms with E-state index in [4.69, 9.17) is 0 Å². The van der Waals surface area contributed by atoms with E-state index in [0.29, 0.717) is 0 Å². The maximum Gasteiger partial charge on any atom is 0.195 e. The number of para-hydroxylation sites is 1. The molecule has 0 aliphatic rings. The van der Waals surface area contributed by atoms with E-state index in [1.54, 1.807) is 63.8 Å². The Hall–Kier alpha value is -8.07. The van der Waals surface area contributed by atoms with Crippen molar-refractivity contribution in [2.24, 2.45) is 0 Å². The zero-order valence-corrected chi connectivity index (χ0v) is 71.8. The van der Waals surface area contributed by atoms with Crippen LogP contribution in [0.3, 0.4) is 0 Å². The van der Waals surface area contributed by atoms with Crippen LogP contribution >= 0.6 is 0 Å². The average Bonchev–Trinajstić information content (AvgIpc) is 1.66. The first-order valence-electron chi connectivity index (χ1n) is 45.0. The van der Waals surface area contributed by atoms with Gasteiger partial charge in [-0.1, -0.05) is 428 Å². The van der Waals surface area contributed by atoms with Crippen molar-refractivity contribution in [1.29, 1.82) is 0 Å². The maximum absolute atomic E-state index is 3.18. The van der Waals surface area contributed by atoms with E-state index in [0.717, 1.165) is 0 Å². The predicted molar refractivity (Wildman–Crippen MR) is 502 cm³/mol. The lowest BCUT2D eigenvalue weighted by atomic mass is 10.0.